The van der Waals surface area contributed by atoms with Crippen LogP contribution < -0.4 is 0 Å². The van der Waals surface area contributed by atoms with Crippen LogP contribution in [0.25, 0.3) is 31.3 Å². The molecule has 1 saturated heterocycles. The predicted octanol–water partition coefficient (Wildman–Crippen LogP) is 2.82. The summed E-state index contributed by atoms with van der Waals surface area (Å²) >= 11 is 0. The van der Waals surface area contributed by atoms with Crippen molar-refractivity contribution in [3.8, 4) is 0 Å². The van der Waals surface area contributed by atoms with Crippen LogP contribution in [0.2, 0.25) is 0 Å². The quantitative estimate of drug-likeness (QED) is 0.352. The maximum absolute atomic E-state index is 12.4. The molecule has 0 spiro atoms. The number of carbonyl (C=O) groups is 1. The van der Waals surface area contributed by atoms with E-state index in [-0.39, 0.29) is 19.6 Å². The maximum atomic E-state index is 12.4. The second-order valence-electron chi connectivity index (χ2n) is 5.55. The van der Waals surface area contributed by atoms with Crippen LogP contribution >= 0.6 is 0 Å². The van der Waals surface area contributed by atoms with Crippen molar-refractivity contribution >= 4 is 6.09 Å². The highest BCUT2D eigenvalue weighted by molar-refractivity contribution is 5.68. The Hall–Kier alpha value is -2.84. The second-order valence-corrected chi connectivity index (χ2v) is 5.55. The molecule has 1 heterocycles. The molecule has 1 amide bonds. The number of amides is 1. The zero-order chi connectivity index (χ0) is 18.5. The van der Waals surface area contributed by atoms with E-state index in [0.29, 0.717) is 13.1 Å². The van der Waals surface area contributed by atoms with E-state index < -0.39 is 11.7 Å². The van der Waals surface area contributed by atoms with Crippen molar-refractivity contribution in [1.29, 1.82) is 0 Å². The van der Waals surface area contributed by atoms with Crippen LogP contribution in [0.4, 0.5) is 4.79 Å². The topological polar surface area (TPSA) is 179 Å². The zero-order valence-corrected chi connectivity index (χ0v) is 14.1. The third-order valence-corrected chi connectivity index (χ3v) is 3.74. The summed E-state index contributed by atoms with van der Waals surface area (Å²) in [7, 11) is 0. The highest BCUT2D eigenvalue weighted by Gasteiger charge is 2.35. The molecule has 25 heavy (non-hydrogen) atoms. The summed E-state index contributed by atoms with van der Waals surface area (Å²) < 4.78 is 5.45. The fraction of sp³-hybridized carbons (Fsp3) is 0.917. The largest absolute Gasteiger partial charge is 0.442 e. The molecule has 1 aliphatic heterocycles. The van der Waals surface area contributed by atoms with Gasteiger partial charge in [-0.05, 0) is 29.6 Å². The lowest BCUT2D eigenvalue weighted by Crippen LogP contribution is -2.53. The molecule has 0 aromatic carbocycles. The molecule has 0 saturated carbocycles. The summed E-state index contributed by atoms with van der Waals surface area (Å²) in [5.74, 6) is 0. The number of piperazine rings is 1. The molecule has 0 atom stereocenters. The van der Waals surface area contributed by atoms with Crippen LogP contribution in [0, 0.1) is 0 Å². The molecule has 136 valence electrons. The Kier molecular flexibility index (Phi) is 8.77. The highest BCUT2D eigenvalue weighted by atomic mass is 16.6. The molecule has 0 N–H and O–H groups in total. The molecule has 0 aromatic rings. The average Bonchev–Trinajstić information content (AvgIpc) is 2.63. The SMILES string of the molecule is CCCN1CCN(C(=O)OC(CN=[N+]=[N-])(CN=[N+]=[N-])CN=[N+]=[N-])CC1. The minimum absolute atomic E-state index is 0.303. The molecule has 0 unspecified atom stereocenters. The lowest BCUT2D eigenvalue weighted by atomic mass is 10.1. The van der Waals surface area contributed by atoms with E-state index in [4.69, 9.17) is 21.3 Å². The number of azide groups is 3. The molecule has 13 heteroatoms. The molecule has 0 bridgehead atoms. The van der Waals surface area contributed by atoms with Crippen LogP contribution in [-0.2, 0) is 4.74 Å². The van der Waals surface area contributed by atoms with Gasteiger partial charge < -0.3 is 9.64 Å². The van der Waals surface area contributed by atoms with Crippen molar-refractivity contribution < 1.29 is 9.53 Å². The molecule has 1 aliphatic rings. The summed E-state index contributed by atoms with van der Waals surface area (Å²) in [6.45, 7) is 4.62. The Bertz CT molecular complexity index is 532. The number of ether oxygens (including phenoxy) is 1. The van der Waals surface area contributed by atoms with E-state index in [1.54, 1.807) is 0 Å². The van der Waals surface area contributed by atoms with Gasteiger partial charge in [0.1, 0.15) is 5.60 Å². The van der Waals surface area contributed by atoms with E-state index >= 15 is 0 Å². The third-order valence-electron chi connectivity index (χ3n) is 3.74. The van der Waals surface area contributed by atoms with Crippen molar-refractivity contribution in [2.45, 2.75) is 18.9 Å². The Morgan fingerprint density at radius 1 is 1.00 bits per heavy atom. The Labute approximate surface area is 144 Å². The molecular weight excluding hydrogens is 330 g/mol. The van der Waals surface area contributed by atoms with Crippen molar-refractivity contribution in [1.82, 2.24) is 9.80 Å². The van der Waals surface area contributed by atoms with Crippen LogP contribution in [-0.4, -0.2) is 73.9 Å². The Morgan fingerprint density at radius 3 is 1.88 bits per heavy atom. The lowest BCUT2D eigenvalue weighted by Gasteiger charge is -2.37. The molecular formula is C12H21N11O2. The van der Waals surface area contributed by atoms with E-state index in [1.807, 2.05) is 0 Å². The second kappa shape index (κ2) is 10.8. The molecule has 13 nitrogen and oxygen atoms in total. The van der Waals surface area contributed by atoms with Gasteiger partial charge in [-0.1, -0.05) is 22.3 Å². The Morgan fingerprint density at radius 2 is 1.48 bits per heavy atom. The minimum atomic E-state index is -1.50. The fourth-order valence-electron chi connectivity index (χ4n) is 2.45. The van der Waals surface area contributed by atoms with Gasteiger partial charge in [0.15, 0.2) is 0 Å². The van der Waals surface area contributed by atoms with Gasteiger partial charge in [0, 0.05) is 40.9 Å². The standard InChI is InChI=1S/C12H21N11O2/c1-2-3-22-4-6-23(7-5-22)11(24)25-12(8-16-19-13,9-17-20-14)10-18-21-15/h2-10H2,1H3. The molecule has 1 rings (SSSR count). The van der Waals surface area contributed by atoms with Gasteiger partial charge in [0.05, 0.1) is 19.6 Å². The normalized spacial score (nSPS) is 16.6. The number of rotatable bonds is 9. The van der Waals surface area contributed by atoms with Gasteiger partial charge in [-0.2, -0.15) is 0 Å². The van der Waals surface area contributed by atoms with Crippen LogP contribution in [0.1, 0.15) is 13.3 Å². The molecule has 0 radical (unpaired) electrons. The average molecular weight is 351 g/mol. The third kappa shape index (κ3) is 6.66. The summed E-state index contributed by atoms with van der Waals surface area (Å²) in [5, 5.41) is 10.2. The number of hydrogen-bond donors (Lipinski definition) is 0. The highest BCUT2D eigenvalue weighted by Crippen LogP contribution is 2.18. The van der Waals surface area contributed by atoms with Gasteiger partial charge in [0.2, 0.25) is 0 Å². The van der Waals surface area contributed by atoms with Crippen molar-refractivity contribution in [2.75, 3.05) is 52.4 Å². The van der Waals surface area contributed by atoms with E-state index in [1.165, 1.54) is 4.90 Å². The van der Waals surface area contributed by atoms with Gasteiger partial charge in [0.25, 0.3) is 0 Å². The molecule has 1 fully saturated rings. The monoisotopic (exact) mass is 351 g/mol. The van der Waals surface area contributed by atoms with Crippen LogP contribution in [0.15, 0.2) is 15.3 Å². The number of carbonyl (C=O) groups excluding carboxylic acids is 1. The summed E-state index contributed by atoms with van der Waals surface area (Å²) in [4.78, 5) is 24.1. The zero-order valence-electron chi connectivity index (χ0n) is 14.1. The lowest BCUT2D eigenvalue weighted by molar-refractivity contribution is -0.00118. The van der Waals surface area contributed by atoms with Crippen LogP contribution in [0.5, 0.6) is 0 Å². The first kappa shape index (κ1) is 20.2. The van der Waals surface area contributed by atoms with Gasteiger partial charge in [-0.15, -0.1) is 0 Å². The molecule has 0 aromatic heterocycles. The first-order valence-electron chi connectivity index (χ1n) is 7.83. The van der Waals surface area contributed by atoms with Gasteiger partial charge in [-0.25, -0.2) is 4.79 Å². The Balaban J connectivity index is 2.83. The number of hydrogen-bond acceptors (Lipinski definition) is 6. The van der Waals surface area contributed by atoms with E-state index in [0.717, 1.165) is 26.1 Å². The maximum Gasteiger partial charge on any atom is 0.410 e. The fourth-order valence-corrected chi connectivity index (χ4v) is 2.45. The first-order valence-corrected chi connectivity index (χ1v) is 7.83. The molecule has 0 aliphatic carbocycles. The smallest absolute Gasteiger partial charge is 0.410 e. The van der Waals surface area contributed by atoms with E-state index in [2.05, 4.69) is 41.9 Å². The number of nitrogens with zero attached hydrogens (tertiary/aromatic N) is 11. The van der Waals surface area contributed by atoms with E-state index in [9.17, 15) is 4.79 Å². The van der Waals surface area contributed by atoms with Crippen molar-refractivity contribution in [2.24, 2.45) is 15.3 Å². The van der Waals surface area contributed by atoms with Gasteiger partial charge >= 0.3 is 6.09 Å². The summed E-state index contributed by atoms with van der Waals surface area (Å²) in [6, 6.07) is 0. The predicted molar refractivity (Wildman–Crippen MR) is 89.6 cm³/mol. The van der Waals surface area contributed by atoms with Crippen LogP contribution in [0.3, 0.4) is 0 Å². The first-order chi connectivity index (χ1) is 12.1. The van der Waals surface area contributed by atoms with Crippen molar-refractivity contribution in [3.63, 3.8) is 0 Å². The summed E-state index contributed by atoms with van der Waals surface area (Å²) in [5.41, 5.74) is 24.1. The summed E-state index contributed by atoms with van der Waals surface area (Å²) in [6.07, 6.45) is 0.420. The van der Waals surface area contributed by atoms with Gasteiger partial charge in [-0.3, -0.25) is 4.90 Å². The van der Waals surface area contributed by atoms with Crippen molar-refractivity contribution in [3.05, 3.63) is 31.3 Å². The minimum Gasteiger partial charge on any atom is -0.442 e.